The van der Waals surface area contributed by atoms with Crippen LogP contribution in [0, 0.1) is 20.8 Å². The molecule has 0 amide bonds. The van der Waals surface area contributed by atoms with Crippen LogP contribution in [0.25, 0.3) is 5.57 Å². The van der Waals surface area contributed by atoms with Gasteiger partial charge in [-0.05, 0) is 50.0 Å². The van der Waals surface area contributed by atoms with Gasteiger partial charge in [0, 0.05) is 6.42 Å². The molecule has 0 aliphatic carbocycles. The third-order valence-electron chi connectivity index (χ3n) is 2.49. The number of hydrogen-bond donors (Lipinski definition) is 0. The number of aryl methyl sites for hydroxylation is 3. The summed E-state index contributed by atoms with van der Waals surface area (Å²) < 4.78 is 0. The second-order valence-corrected chi connectivity index (χ2v) is 4.26. The molecule has 0 bridgehead atoms. The molecule has 80 valence electrons. The molecule has 1 aromatic carbocycles. The Morgan fingerprint density at radius 3 is 2.07 bits per heavy atom. The molecule has 0 fully saturated rings. The first-order valence-corrected chi connectivity index (χ1v) is 5.17. The predicted octanol–water partition coefficient (Wildman–Crippen LogP) is 3.60. The van der Waals surface area contributed by atoms with Crippen LogP contribution in [0.3, 0.4) is 0 Å². The molecule has 0 saturated heterocycles. The molecule has 1 rings (SSSR count). The van der Waals surface area contributed by atoms with Crippen molar-refractivity contribution in [2.75, 3.05) is 0 Å². The van der Waals surface area contributed by atoms with E-state index in [2.05, 4.69) is 39.5 Å². The van der Waals surface area contributed by atoms with E-state index in [0.29, 0.717) is 6.42 Å². The molecule has 1 heteroatoms. The van der Waals surface area contributed by atoms with Gasteiger partial charge < -0.3 is 0 Å². The largest absolute Gasteiger partial charge is 0.300 e. The van der Waals surface area contributed by atoms with E-state index in [-0.39, 0.29) is 5.78 Å². The maximum atomic E-state index is 11.1. The second-order valence-electron chi connectivity index (χ2n) is 4.26. The molecule has 0 saturated carbocycles. The summed E-state index contributed by atoms with van der Waals surface area (Å²) in [6.45, 7) is 11.8. The quantitative estimate of drug-likeness (QED) is 0.731. The average molecular weight is 202 g/mol. The molecule has 15 heavy (non-hydrogen) atoms. The highest BCUT2D eigenvalue weighted by atomic mass is 16.1. The van der Waals surface area contributed by atoms with Crippen molar-refractivity contribution in [3.63, 3.8) is 0 Å². The summed E-state index contributed by atoms with van der Waals surface area (Å²) in [5.41, 5.74) is 5.75. The number of allylic oxidation sites excluding steroid dienone is 1. The van der Waals surface area contributed by atoms with E-state index < -0.39 is 0 Å². The van der Waals surface area contributed by atoms with Crippen molar-refractivity contribution < 1.29 is 4.79 Å². The maximum absolute atomic E-state index is 11.1. The summed E-state index contributed by atoms with van der Waals surface area (Å²) in [5.74, 6) is 0.166. The number of carbonyl (C=O) groups is 1. The van der Waals surface area contributed by atoms with Gasteiger partial charge in [0.1, 0.15) is 5.78 Å². The summed E-state index contributed by atoms with van der Waals surface area (Å²) in [7, 11) is 0. The molecule has 0 aliphatic rings. The van der Waals surface area contributed by atoms with Gasteiger partial charge in [-0.15, -0.1) is 0 Å². The fourth-order valence-corrected chi connectivity index (χ4v) is 2.13. The second kappa shape index (κ2) is 4.43. The number of hydrogen-bond acceptors (Lipinski definition) is 1. The monoisotopic (exact) mass is 202 g/mol. The molecule has 0 aromatic heterocycles. The number of benzene rings is 1. The third-order valence-corrected chi connectivity index (χ3v) is 2.49. The van der Waals surface area contributed by atoms with Crippen molar-refractivity contribution >= 4 is 11.4 Å². The van der Waals surface area contributed by atoms with Gasteiger partial charge >= 0.3 is 0 Å². The molecular weight excluding hydrogens is 184 g/mol. The van der Waals surface area contributed by atoms with E-state index in [0.717, 1.165) is 11.1 Å². The number of carbonyl (C=O) groups excluding carboxylic acids is 1. The first-order chi connectivity index (χ1) is 6.91. The summed E-state index contributed by atoms with van der Waals surface area (Å²) in [6.07, 6.45) is 0.449. The van der Waals surface area contributed by atoms with Crippen LogP contribution in [0.4, 0.5) is 0 Å². The van der Waals surface area contributed by atoms with Crippen LogP contribution >= 0.6 is 0 Å². The lowest BCUT2D eigenvalue weighted by molar-refractivity contribution is -0.116. The highest BCUT2D eigenvalue weighted by Crippen LogP contribution is 2.25. The smallest absolute Gasteiger partial charge is 0.134 e. The van der Waals surface area contributed by atoms with Gasteiger partial charge in [0.15, 0.2) is 0 Å². The Bertz CT molecular complexity index is 390. The number of Topliss-reactive ketones (excluding diaryl/α,β-unsaturated/α-hetero) is 1. The molecule has 0 aliphatic heterocycles. The van der Waals surface area contributed by atoms with Gasteiger partial charge in [-0.3, -0.25) is 4.79 Å². The summed E-state index contributed by atoms with van der Waals surface area (Å²) >= 11 is 0. The fraction of sp³-hybridized carbons (Fsp3) is 0.357. The Labute approximate surface area is 91.8 Å². The Kier molecular flexibility index (Phi) is 3.46. The zero-order valence-electron chi connectivity index (χ0n) is 9.98. The normalized spacial score (nSPS) is 10.1. The summed E-state index contributed by atoms with van der Waals surface area (Å²) in [4.78, 5) is 11.1. The van der Waals surface area contributed by atoms with E-state index in [1.807, 2.05) is 0 Å². The van der Waals surface area contributed by atoms with Gasteiger partial charge in [-0.25, -0.2) is 0 Å². The molecule has 1 aromatic rings. The van der Waals surface area contributed by atoms with Gasteiger partial charge in [-0.1, -0.05) is 24.3 Å². The van der Waals surface area contributed by atoms with Crippen LogP contribution < -0.4 is 0 Å². The van der Waals surface area contributed by atoms with Crippen LogP contribution in [0.2, 0.25) is 0 Å². The lowest BCUT2D eigenvalue weighted by Crippen LogP contribution is -1.98. The first kappa shape index (κ1) is 11.7. The fourth-order valence-electron chi connectivity index (χ4n) is 2.13. The minimum atomic E-state index is 0.166. The molecule has 0 unspecified atom stereocenters. The third kappa shape index (κ3) is 2.79. The van der Waals surface area contributed by atoms with E-state index in [9.17, 15) is 4.79 Å². The van der Waals surface area contributed by atoms with Crippen LogP contribution in [0.5, 0.6) is 0 Å². The standard InChI is InChI=1S/C14H18O/c1-9-6-10(2)14(11(3)7-9)12(4)8-13(5)15/h6-7H,4,8H2,1-3,5H3. The lowest BCUT2D eigenvalue weighted by atomic mass is 9.92. The SMILES string of the molecule is C=C(CC(C)=O)c1c(C)cc(C)cc1C. The van der Waals surface area contributed by atoms with Crippen molar-refractivity contribution in [3.05, 3.63) is 41.0 Å². The van der Waals surface area contributed by atoms with Gasteiger partial charge in [0.25, 0.3) is 0 Å². The number of rotatable bonds is 3. The molecule has 1 nitrogen and oxygen atoms in total. The summed E-state index contributed by atoms with van der Waals surface area (Å²) in [6, 6.07) is 4.27. The lowest BCUT2D eigenvalue weighted by Gasteiger charge is -2.12. The van der Waals surface area contributed by atoms with Crippen LogP contribution in [-0.4, -0.2) is 5.78 Å². The van der Waals surface area contributed by atoms with Crippen molar-refractivity contribution in [2.24, 2.45) is 0 Å². The van der Waals surface area contributed by atoms with E-state index in [1.54, 1.807) is 6.92 Å². The van der Waals surface area contributed by atoms with Crippen LogP contribution in [0.15, 0.2) is 18.7 Å². The molecule has 0 N–H and O–H groups in total. The number of ketones is 1. The highest BCUT2D eigenvalue weighted by Gasteiger charge is 2.08. The topological polar surface area (TPSA) is 17.1 Å². The Hall–Kier alpha value is -1.37. The van der Waals surface area contributed by atoms with Crippen molar-refractivity contribution in [1.29, 1.82) is 0 Å². The Morgan fingerprint density at radius 1 is 1.20 bits per heavy atom. The Balaban J connectivity index is 3.14. The summed E-state index contributed by atoms with van der Waals surface area (Å²) in [5, 5.41) is 0. The van der Waals surface area contributed by atoms with Gasteiger partial charge in [0.2, 0.25) is 0 Å². The molecule has 0 atom stereocenters. The zero-order chi connectivity index (χ0) is 11.6. The van der Waals surface area contributed by atoms with Crippen molar-refractivity contribution in [2.45, 2.75) is 34.1 Å². The molecular formula is C14H18O. The first-order valence-electron chi connectivity index (χ1n) is 5.17. The van der Waals surface area contributed by atoms with Crippen LogP contribution in [0.1, 0.15) is 35.6 Å². The van der Waals surface area contributed by atoms with Crippen molar-refractivity contribution in [3.8, 4) is 0 Å². The Morgan fingerprint density at radius 2 is 1.67 bits per heavy atom. The van der Waals surface area contributed by atoms with E-state index in [1.165, 1.54) is 16.7 Å². The van der Waals surface area contributed by atoms with E-state index in [4.69, 9.17) is 0 Å². The van der Waals surface area contributed by atoms with E-state index >= 15 is 0 Å². The zero-order valence-corrected chi connectivity index (χ0v) is 9.98. The van der Waals surface area contributed by atoms with Gasteiger partial charge in [-0.2, -0.15) is 0 Å². The molecule has 0 spiro atoms. The minimum Gasteiger partial charge on any atom is -0.300 e. The minimum absolute atomic E-state index is 0.166. The van der Waals surface area contributed by atoms with Crippen molar-refractivity contribution in [1.82, 2.24) is 0 Å². The predicted molar refractivity (Wildman–Crippen MR) is 65.0 cm³/mol. The molecule has 0 radical (unpaired) electrons. The highest BCUT2D eigenvalue weighted by molar-refractivity contribution is 5.89. The van der Waals surface area contributed by atoms with Crippen LogP contribution in [-0.2, 0) is 4.79 Å². The molecule has 0 heterocycles. The average Bonchev–Trinajstić information content (AvgIpc) is 1.99. The maximum Gasteiger partial charge on any atom is 0.134 e. The van der Waals surface area contributed by atoms with Gasteiger partial charge in [0.05, 0.1) is 0 Å².